The maximum atomic E-state index is 12.7. The summed E-state index contributed by atoms with van der Waals surface area (Å²) in [5.41, 5.74) is 0.832. The van der Waals surface area contributed by atoms with Gasteiger partial charge in [-0.05, 0) is 43.2 Å². The van der Waals surface area contributed by atoms with E-state index in [2.05, 4.69) is 4.99 Å². The number of fused-ring (bicyclic) bond motifs is 1. The first-order valence-corrected chi connectivity index (χ1v) is 12.0. The second-order valence-corrected chi connectivity index (χ2v) is 10.2. The van der Waals surface area contributed by atoms with Gasteiger partial charge in [-0.1, -0.05) is 17.8 Å². The predicted octanol–water partition coefficient (Wildman–Crippen LogP) is 3.06. The van der Waals surface area contributed by atoms with Crippen molar-refractivity contribution in [3.8, 4) is 0 Å². The zero-order valence-corrected chi connectivity index (χ0v) is 18.4. The zero-order chi connectivity index (χ0) is 22.2. The van der Waals surface area contributed by atoms with Crippen LogP contribution in [-0.4, -0.2) is 41.2 Å². The number of nitro groups is 1. The smallest absolute Gasteiger partial charge is 0.279 e. The molecule has 0 aliphatic carbocycles. The SMILES string of the molecule is Cn1c(=NC(=O)c2ccc(S(=O)(=O)N3CCCCC3)cc2)sc2ccc([N+](=O)[O-])cc21. The Balaban J connectivity index is 1.62. The summed E-state index contributed by atoms with van der Waals surface area (Å²) >= 11 is 1.24. The zero-order valence-electron chi connectivity index (χ0n) is 16.7. The number of piperidine rings is 1. The molecule has 31 heavy (non-hydrogen) atoms. The van der Waals surface area contributed by atoms with Gasteiger partial charge >= 0.3 is 0 Å². The number of aryl methyl sites for hydroxylation is 1. The molecule has 9 nitrogen and oxygen atoms in total. The molecule has 2 heterocycles. The van der Waals surface area contributed by atoms with E-state index in [1.807, 2.05) is 0 Å². The molecule has 0 radical (unpaired) electrons. The maximum absolute atomic E-state index is 12.7. The standard InChI is InChI=1S/C20H20N4O5S2/c1-22-17-13-15(24(26)27)7-10-18(17)30-20(22)21-19(25)14-5-8-16(9-6-14)31(28,29)23-11-3-2-4-12-23/h5-10,13H,2-4,11-12H2,1H3. The second kappa shape index (κ2) is 8.33. The third-order valence-electron chi connectivity index (χ3n) is 5.25. The third kappa shape index (κ3) is 4.16. The van der Waals surface area contributed by atoms with Crippen molar-refractivity contribution in [2.24, 2.45) is 12.0 Å². The molecule has 1 saturated heterocycles. The molecule has 3 aromatic rings. The number of hydrogen-bond donors (Lipinski definition) is 0. The van der Waals surface area contributed by atoms with Crippen LogP contribution in [0.25, 0.3) is 10.2 Å². The summed E-state index contributed by atoms with van der Waals surface area (Å²) in [5.74, 6) is -0.515. The monoisotopic (exact) mass is 460 g/mol. The van der Waals surface area contributed by atoms with E-state index in [-0.39, 0.29) is 16.1 Å². The minimum atomic E-state index is -3.56. The molecular weight excluding hydrogens is 440 g/mol. The highest BCUT2D eigenvalue weighted by atomic mass is 32.2. The van der Waals surface area contributed by atoms with Crippen molar-refractivity contribution in [1.82, 2.24) is 8.87 Å². The summed E-state index contributed by atoms with van der Waals surface area (Å²) in [6, 6.07) is 10.3. The van der Waals surface area contributed by atoms with Gasteiger partial charge in [-0.3, -0.25) is 14.9 Å². The molecule has 2 aromatic carbocycles. The third-order valence-corrected chi connectivity index (χ3v) is 8.28. The van der Waals surface area contributed by atoms with Crippen LogP contribution in [0.1, 0.15) is 29.6 Å². The minimum Gasteiger partial charge on any atom is -0.319 e. The molecule has 0 spiro atoms. The van der Waals surface area contributed by atoms with E-state index < -0.39 is 20.9 Å². The highest BCUT2D eigenvalue weighted by Crippen LogP contribution is 2.23. The average Bonchev–Trinajstić information content (AvgIpc) is 3.09. The largest absolute Gasteiger partial charge is 0.319 e. The number of nitrogens with zero attached hydrogens (tertiary/aromatic N) is 4. The van der Waals surface area contributed by atoms with Crippen molar-refractivity contribution in [3.05, 3.63) is 62.9 Å². The van der Waals surface area contributed by atoms with Crippen LogP contribution >= 0.6 is 11.3 Å². The van der Waals surface area contributed by atoms with E-state index >= 15 is 0 Å². The first-order valence-electron chi connectivity index (χ1n) is 9.70. The number of sulfonamides is 1. The molecule has 162 valence electrons. The number of thiazole rings is 1. The summed E-state index contributed by atoms with van der Waals surface area (Å²) in [7, 11) is -1.88. The molecule has 1 aliphatic heterocycles. The normalized spacial score (nSPS) is 16.0. The summed E-state index contributed by atoms with van der Waals surface area (Å²) in [6.07, 6.45) is 2.73. The number of amides is 1. The fourth-order valence-corrected chi connectivity index (χ4v) is 6.02. The van der Waals surface area contributed by atoms with Gasteiger partial charge < -0.3 is 4.57 Å². The van der Waals surface area contributed by atoms with Gasteiger partial charge in [-0.15, -0.1) is 0 Å². The Labute approximate surface area is 182 Å². The van der Waals surface area contributed by atoms with E-state index in [1.165, 1.54) is 52.0 Å². The average molecular weight is 461 g/mol. The quantitative estimate of drug-likeness (QED) is 0.438. The lowest BCUT2D eigenvalue weighted by Crippen LogP contribution is -2.35. The highest BCUT2D eigenvalue weighted by Gasteiger charge is 2.26. The van der Waals surface area contributed by atoms with Crippen molar-refractivity contribution < 1.29 is 18.1 Å². The topological polar surface area (TPSA) is 115 Å². The predicted molar refractivity (Wildman–Crippen MR) is 116 cm³/mol. The number of hydrogen-bond acceptors (Lipinski definition) is 6. The van der Waals surface area contributed by atoms with Gasteiger partial charge in [0.1, 0.15) is 0 Å². The Kier molecular flexibility index (Phi) is 5.73. The van der Waals surface area contributed by atoms with Gasteiger partial charge in [0.05, 0.1) is 20.0 Å². The second-order valence-electron chi connectivity index (χ2n) is 7.26. The van der Waals surface area contributed by atoms with E-state index in [1.54, 1.807) is 17.7 Å². The number of benzene rings is 2. The fourth-order valence-electron chi connectivity index (χ4n) is 3.51. The highest BCUT2D eigenvalue weighted by molar-refractivity contribution is 7.89. The maximum Gasteiger partial charge on any atom is 0.279 e. The van der Waals surface area contributed by atoms with Gasteiger partial charge in [0.15, 0.2) is 4.80 Å². The Morgan fingerprint density at radius 1 is 1.10 bits per heavy atom. The number of carbonyl (C=O) groups excluding carboxylic acids is 1. The van der Waals surface area contributed by atoms with Crippen molar-refractivity contribution in [2.45, 2.75) is 24.2 Å². The molecule has 0 bridgehead atoms. The summed E-state index contributed by atoms with van der Waals surface area (Å²) in [6.45, 7) is 1.03. The molecule has 1 aromatic heterocycles. The number of nitro benzene ring substituents is 1. The van der Waals surface area contributed by atoms with Crippen LogP contribution in [0.5, 0.6) is 0 Å². The van der Waals surface area contributed by atoms with Crippen LogP contribution in [-0.2, 0) is 17.1 Å². The van der Waals surface area contributed by atoms with Crippen LogP contribution in [0, 0.1) is 10.1 Å². The molecule has 4 rings (SSSR count). The first-order chi connectivity index (χ1) is 14.8. The Hall–Kier alpha value is -2.89. The molecular formula is C20H20N4O5S2. The molecule has 1 aliphatic rings. The first kappa shape index (κ1) is 21.3. The van der Waals surface area contributed by atoms with Crippen molar-refractivity contribution in [2.75, 3.05) is 13.1 Å². The molecule has 0 atom stereocenters. The minimum absolute atomic E-state index is 0.0377. The molecule has 0 saturated carbocycles. The van der Waals surface area contributed by atoms with Crippen molar-refractivity contribution in [3.63, 3.8) is 0 Å². The fraction of sp³-hybridized carbons (Fsp3) is 0.300. The van der Waals surface area contributed by atoms with Gasteiger partial charge in [0.2, 0.25) is 10.0 Å². The van der Waals surface area contributed by atoms with Crippen LogP contribution in [0.2, 0.25) is 0 Å². The van der Waals surface area contributed by atoms with Crippen LogP contribution < -0.4 is 4.80 Å². The van der Waals surface area contributed by atoms with Crippen LogP contribution in [0.4, 0.5) is 5.69 Å². The Morgan fingerprint density at radius 2 is 1.77 bits per heavy atom. The lowest BCUT2D eigenvalue weighted by Gasteiger charge is -2.25. The Morgan fingerprint density at radius 3 is 2.42 bits per heavy atom. The van der Waals surface area contributed by atoms with Gasteiger partial charge in [-0.2, -0.15) is 9.30 Å². The molecule has 11 heteroatoms. The molecule has 0 N–H and O–H groups in total. The number of rotatable bonds is 4. The summed E-state index contributed by atoms with van der Waals surface area (Å²) in [5, 5.41) is 11.0. The summed E-state index contributed by atoms with van der Waals surface area (Å²) in [4.78, 5) is 27.9. The molecule has 1 amide bonds. The van der Waals surface area contributed by atoms with E-state index in [0.717, 1.165) is 24.0 Å². The van der Waals surface area contributed by atoms with Crippen molar-refractivity contribution in [1.29, 1.82) is 0 Å². The number of aromatic nitrogens is 1. The van der Waals surface area contributed by atoms with Gasteiger partial charge in [-0.25, -0.2) is 8.42 Å². The molecule has 0 unspecified atom stereocenters. The lowest BCUT2D eigenvalue weighted by molar-refractivity contribution is -0.384. The van der Waals surface area contributed by atoms with Gasteiger partial charge in [0.25, 0.3) is 11.6 Å². The van der Waals surface area contributed by atoms with Crippen molar-refractivity contribution >= 4 is 43.2 Å². The van der Waals surface area contributed by atoms with Crippen LogP contribution in [0.3, 0.4) is 0 Å². The number of carbonyl (C=O) groups is 1. The Bertz CT molecular complexity index is 1330. The lowest BCUT2D eigenvalue weighted by atomic mass is 10.2. The summed E-state index contributed by atoms with van der Waals surface area (Å²) < 4.78 is 29.4. The van der Waals surface area contributed by atoms with Crippen LogP contribution in [0.15, 0.2) is 52.4 Å². The van der Waals surface area contributed by atoms with E-state index in [4.69, 9.17) is 0 Å². The van der Waals surface area contributed by atoms with E-state index in [0.29, 0.717) is 23.4 Å². The van der Waals surface area contributed by atoms with Gasteiger partial charge in [0, 0.05) is 37.8 Å². The van der Waals surface area contributed by atoms with E-state index in [9.17, 15) is 23.3 Å². The number of non-ortho nitro benzene ring substituents is 1. The molecule has 1 fully saturated rings.